The van der Waals surface area contributed by atoms with Gasteiger partial charge in [-0.15, -0.1) is 0 Å². The van der Waals surface area contributed by atoms with Gasteiger partial charge in [-0.2, -0.15) is 0 Å². The maximum Gasteiger partial charge on any atom is 0.191 e. The first-order valence-corrected chi connectivity index (χ1v) is 5.28. The number of nitrogens with two attached hydrogens (primary N) is 1. The van der Waals surface area contributed by atoms with Gasteiger partial charge in [0.25, 0.3) is 0 Å². The van der Waals surface area contributed by atoms with Gasteiger partial charge in [0, 0.05) is 5.56 Å². The number of carbonyl (C=O) groups excluding carboxylic acids is 1. The number of nitrogens with zero attached hydrogens (tertiary/aromatic N) is 1. The quantitative estimate of drug-likeness (QED) is 0.754. The van der Waals surface area contributed by atoms with Crippen molar-refractivity contribution in [1.29, 1.82) is 0 Å². The molecule has 1 atom stereocenters. The Hall–Kier alpha value is -1.46. The van der Waals surface area contributed by atoms with E-state index in [4.69, 9.17) is 10.8 Å². The Balaban J connectivity index is 2.51. The summed E-state index contributed by atoms with van der Waals surface area (Å²) >= 11 is 1.33. The highest BCUT2D eigenvalue weighted by Gasteiger charge is 2.13. The zero-order valence-electron chi connectivity index (χ0n) is 8.10. The zero-order chi connectivity index (χ0) is 11.0. The number of thiazole rings is 1. The molecule has 1 heterocycles. The van der Waals surface area contributed by atoms with E-state index < -0.39 is 6.10 Å². The summed E-state index contributed by atoms with van der Waals surface area (Å²) in [5, 5.41) is 9.64. The molecule has 0 aliphatic heterocycles. The Morgan fingerprint density at radius 2 is 2.33 bits per heavy atom. The van der Waals surface area contributed by atoms with Gasteiger partial charge in [0.15, 0.2) is 10.9 Å². The standard InChI is InChI=1S/C10H10N2O2S/c1-5(13)9(14)6-2-3-7-8(4-6)15-10(11)12-7/h2-5,13H,1H3,(H2,11,12). The average molecular weight is 222 g/mol. The second kappa shape index (κ2) is 3.60. The van der Waals surface area contributed by atoms with Crippen LogP contribution in [0.15, 0.2) is 18.2 Å². The molecule has 1 aromatic carbocycles. The molecule has 78 valence electrons. The summed E-state index contributed by atoms with van der Waals surface area (Å²) in [5.74, 6) is -0.288. The van der Waals surface area contributed by atoms with E-state index in [1.807, 2.05) is 0 Å². The lowest BCUT2D eigenvalue weighted by atomic mass is 10.1. The Morgan fingerprint density at radius 3 is 3.00 bits per heavy atom. The van der Waals surface area contributed by atoms with Crippen molar-refractivity contribution in [2.45, 2.75) is 13.0 Å². The molecule has 0 fully saturated rings. The minimum atomic E-state index is -0.979. The topological polar surface area (TPSA) is 76.2 Å². The largest absolute Gasteiger partial charge is 0.385 e. The molecule has 0 aliphatic carbocycles. The first-order chi connectivity index (χ1) is 7.08. The maximum atomic E-state index is 11.5. The predicted octanol–water partition coefficient (Wildman–Crippen LogP) is 1.44. The third-order valence-electron chi connectivity index (χ3n) is 2.07. The van der Waals surface area contributed by atoms with Crippen molar-refractivity contribution in [2.24, 2.45) is 0 Å². The Morgan fingerprint density at radius 1 is 1.60 bits per heavy atom. The summed E-state index contributed by atoms with van der Waals surface area (Å²) in [6.07, 6.45) is -0.979. The zero-order valence-corrected chi connectivity index (χ0v) is 8.91. The molecule has 0 spiro atoms. The Bertz CT molecular complexity index is 519. The number of aliphatic hydroxyl groups excluding tert-OH is 1. The van der Waals surface area contributed by atoms with Gasteiger partial charge in [0.2, 0.25) is 0 Å². The summed E-state index contributed by atoms with van der Waals surface area (Å²) in [6, 6.07) is 5.09. The number of hydrogen-bond acceptors (Lipinski definition) is 5. The molecule has 5 heteroatoms. The third kappa shape index (κ3) is 1.84. The molecule has 2 rings (SSSR count). The second-order valence-electron chi connectivity index (χ2n) is 3.27. The smallest absolute Gasteiger partial charge is 0.191 e. The van der Waals surface area contributed by atoms with Gasteiger partial charge in [0.05, 0.1) is 10.2 Å². The lowest BCUT2D eigenvalue weighted by Crippen LogP contribution is -2.15. The van der Waals surface area contributed by atoms with Gasteiger partial charge >= 0.3 is 0 Å². The SMILES string of the molecule is CC(O)C(=O)c1ccc2nc(N)sc2c1. The number of carbonyl (C=O) groups is 1. The van der Waals surface area contributed by atoms with Gasteiger partial charge in [-0.1, -0.05) is 11.3 Å². The molecule has 0 aliphatic rings. The summed E-state index contributed by atoms with van der Waals surface area (Å²) in [5.41, 5.74) is 6.81. The number of benzene rings is 1. The second-order valence-corrected chi connectivity index (χ2v) is 4.34. The number of Topliss-reactive ketones (excluding diaryl/α,β-unsaturated/α-hetero) is 1. The van der Waals surface area contributed by atoms with E-state index in [9.17, 15) is 4.79 Å². The summed E-state index contributed by atoms with van der Waals surface area (Å²) in [6.45, 7) is 1.45. The Labute approximate surface area is 90.4 Å². The molecule has 0 saturated heterocycles. The fourth-order valence-electron chi connectivity index (χ4n) is 1.34. The van der Waals surface area contributed by atoms with E-state index in [2.05, 4.69) is 4.98 Å². The molecule has 0 saturated carbocycles. The van der Waals surface area contributed by atoms with E-state index in [1.165, 1.54) is 18.3 Å². The molecule has 1 aromatic heterocycles. The van der Waals surface area contributed by atoms with Crippen LogP contribution in [0.2, 0.25) is 0 Å². The van der Waals surface area contributed by atoms with Gasteiger partial charge in [-0.25, -0.2) is 4.98 Å². The highest BCUT2D eigenvalue weighted by atomic mass is 32.1. The molecule has 15 heavy (non-hydrogen) atoms. The van der Waals surface area contributed by atoms with Crippen molar-refractivity contribution < 1.29 is 9.90 Å². The first-order valence-electron chi connectivity index (χ1n) is 4.46. The number of ketones is 1. The van der Waals surface area contributed by atoms with Crippen molar-refractivity contribution in [3.63, 3.8) is 0 Å². The normalized spacial score (nSPS) is 12.9. The molecular formula is C10H10N2O2S. The summed E-state index contributed by atoms with van der Waals surface area (Å²) in [7, 11) is 0. The van der Waals surface area contributed by atoms with Crippen LogP contribution in [0.1, 0.15) is 17.3 Å². The van der Waals surface area contributed by atoms with Gasteiger partial charge in [0.1, 0.15) is 6.10 Å². The fraction of sp³-hybridized carbons (Fsp3) is 0.200. The van der Waals surface area contributed by atoms with E-state index in [0.29, 0.717) is 10.7 Å². The van der Waals surface area contributed by atoms with Crippen LogP contribution < -0.4 is 5.73 Å². The molecule has 0 amide bonds. The van der Waals surface area contributed by atoms with E-state index in [1.54, 1.807) is 18.2 Å². The summed E-state index contributed by atoms with van der Waals surface area (Å²) in [4.78, 5) is 15.6. The van der Waals surface area contributed by atoms with E-state index >= 15 is 0 Å². The number of fused-ring (bicyclic) bond motifs is 1. The monoisotopic (exact) mass is 222 g/mol. The van der Waals surface area contributed by atoms with Gasteiger partial charge < -0.3 is 10.8 Å². The highest BCUT2D eigenvalue weighted by Crippen LogP contribution is 2.24. The molecule has 1 unspecified atom stereocenters. The van der Waals surface area contributed by atoms with Crippen LogP contribution in [0.3, 0.4) is 0 Å². The average Bonchev–Trinajstić information content (AvgIpc) is 2.55. The number of aliphatic hydroxyl groups is 1. The predicted molar refractivity (Wildman–Crippen MR) is 60.0 cm³/mol. The van der Waals surface area contributed by atoms with Crippen molar-refractivity contribution in [3.05, 3.63) is 23.8 Å². The van der Waals surface area contributed by atoms with Crippen LogP contribution in [-0.2, 0) is 0 Å². The maximum absolute atomic E-state index is 11.5. The van der Waals surface area contributed by atoms with Crippen LogP contribution in [0, 0.1) is 0 Å². The van der Waals surface area contributed by atoms with Crippen molar-refractivity contribution >= 4 is 32.5 Å². The third-order valence-corrected chi connectivity index (χ3v) is 2.92. The molecule has 0 bridgehead atoms. The number of rotatable bonds is 2. The fourth-order valence-corrected chi connectivity index (χ4v) is 2.11. The van der Waals surface area contributed by atoms with Crippen LogP contribution >= 0.6 is 11.3 Å². The van der Waals surface area contributed by atoms with Crippen LogP contribution in [0.5, 0.6) is 0 Å². The molecule has 2 aromatic rings. The van der Waals surface area contributed by atoms with E-state index in [-0.39, 0.29) is 5.78 Å². The first kappa shape index (κ1) is 10.1. The number of nitrogen functional groups attached to an aromatic ring is 1. The minimum absolute atomic E-state index is 0.288. The minimum Gasteiger partial charge on any atom is -0.385 e. The Kier molecular flexibility index (Phi) is 2.42. The lowest BCUT2D eigenvalue weighted by molar-refractivity contribution is 0.0779. The number of aromatic nitrogens is 1. The van der Waals surface area contributed by atoms with Crippen LogP contribution in [-0.4, -0.2) is 22.0 Å². The molecule has 4 nitrogen and oxygen atoms in total. The van der Waals surface area contributed by atoms with Crippen LogP contribution in [0.25, 0.3) is 10.2 Å². The number of hydrogen-bond donors (Lipinski definition) is 2. The van der Waals surface area contributed by atoms with Gasteiger partial charge in [-0.05, 0) is 25.1 Å². The van der Waals surface area contributed by atoms with Crippen molar-refractivity contribution in [1.82, 2.24) is 4.98 Å². The van der Waals surface area contributed by atoms with Gasteiger partial charge in [-0.3, -0.25) is 4.79 Å². The molecule has 0 radical (unpaired) electrons. The lowest BCUT2D eigenvalue weighted by Gasteiger charge is -2.02. The van der Waals surface area contributed by atoms with E-state index in [0.717, 1.165) is 10.2 Å². The van der Waals surface area contributed by atoms with Crippen molar-refractivity contribution in [3.8, 4) is 0 Å². The molecular weight excluding hydrogens is 212 g/mol. The highest BCUT2D eigenvalue weighted by molar-refractivity contribution is 7.22. The van der Waals surface area contributed by atoms with Crippen LogP contribution in [0.4, 0.5) is 5.13 Å². The summed E-state index contributed by atoms with van der Waals surface area (Å²) < 4.78 is 0.860. The van der Waals surface area contributed by atoms with Crippen molar-refractivity contribution in [2.75, 3.05) is 5.73 Å². The molecule has 3 N–H and O–H groups in total. The number of anilines is 1.